The van der Waals surface area contributed by atoms with Gasteiger partial charge in [-0.3, -0.25) is 4.79 Å². The molecule has 0 aliphatic rings. The molecule has 0 bridgehead atoms. The lowest BCUT2D eigenvalue weighted by molar-refractivity contribution is 0.0937. The Labute approximate surface area is 176 Å². The van der Waals surface area contributed by atoms with Gasteiger partial charge in [-0.05, 0) is 38.0 Å². The van der Waals surface area contributed by atoms with Crippen molar-refractivity contribution in [2.24, 2.45) is 0 Å². The Morgan fingerprint density at radius 1 is 1.17 bits per heavy atom. The summed E-state index contributed by atoms with van der Waals surface area (Å²) >= 11 is 1.63. The highest BCUT2D eigenvalue weighted by Crippen LogP contribution is 2.24. The summed E-state index contributed by atoms with van der Waals surface area (Å²) in [7, 11) is 0. The number of nitrogens with one attached hydrogen (secondary N) is 1. The number of thioether (sulfide) groups is 1. The highest BCUT2D eigenvalue weighted by molar-refractivity contribution is 7.98. The third-order valence-corrected chi connectivity index (χ3v) is 5.71. The van der Waals surface area contributed by atoms with Crippen molar-refractivity contribution in [2.45, 2.75) is 44.3 Å². The molecule has 1 atom stereocenters. The number of nitrogens with zero attached hydrogens (tertiary/aromatic N) is 3. The first-order chi connectivity index (χ1) is 14.0. The Bertz CT molecular complexity index is 994. The van der Waals surface area contributed by atoms with Crippen LogP contribution in [0.4, 0.5) is 0 Å². The van der Waals surface area contributed by atoms with Crippen molar-refractivity contribution in [3.05, 3.63) is 89.3 Å². The van der Waals surface area contributed by atoms with Gasteiger partial charge in [0.1, 0.15) is 0 Å². The van der Waals surface area contributed by atoms with Crippen LogP contribution >= 0.6 is 11.8 Å². The molecule has 0 radical (unpaired) electrons. The lowest BCUT2D eigenvalue weighted by Crippen LogP contribution is -2.29. The minimum absolute atomic E-state index is 0.113. The van der Waals surface area contributed by atoms with Gasteiger partial charge >= 0.3 is 0 Å². The lowest BCUT2D eigenvalue weighted by Gasteiger charge is -2.16. The van der Waals surface area contributed by atoms with Gasteiger partial charge in [0.2, 0.25) is 0 Å². The van der Waals surface area contributed by atoms with Crippen LogP contribution in [0.1, 0.15) is 45.8 Å². The Morgan fingerprint density at radius 2 is 1.90 bits per heavy atom. The summed E-state index contributed by atoms with van der Waals surface area (Å²) in [6.45, 7) is 10.4. The molecular formula is C23H26N4OS. The van der Waals surface area contributed by atoms with Gasteiger partial charge in [-0.1, -0.05) is 65.9 Å². The van der Waals surface area contributed by atoms with E-state index in [-0.39, 0.29) is 11.9 Å². The van der Waals surface area contributed by atoms with Crippen molar-refractivity contribution >= 4 is 17.7 Å². The zero-order valence-electron chi connectivity index (χ0n) is 17.1. The van der Waals surface area contributed by atoms with Crippen LogP contribution in [-0.4, -0.2) is 20.7 Å². The van der Waals surface area contributed by atoms with Crippen LogP contribution in [0.2, 0.25) is 0 Å². The molecule has 6 heteroatoms. The SMILES string of the molecule is C=CCn1c(SCc2ccc(C)cc2)nnc1[C@H](C)NC(=O)c1ccccc1C. The first kappa shape index (κ1) is 20.9. The van der Waals surface area contributed by atoms with Gasteiger partial charge < -0.3 is 9.88 Å². The largest absolute Gasteiger partial charge is 0.342 e. The monoisotopic (exact) mass is 406 g/mol. The molecule has 3 rings (SSSR count). The van der Waals surface area contributed by atoms with Crippen molar-refractivity contribution in [1.29, 1.82) is 0 Å². The van der Waals surface area contributed by atoms with Gasteiger partial charge in [0.15, 0.2) is 11.0 Å². The van der Waals surface area contributed by atoms with E-state index in [0.29, 0.717) is 12.1 Å². The van der Waals surface area contributed by atoms with Crippen LogP contribution in [0.25, 0.3) is 0 Å². The van der Waals surface area contributed by atoms with E-state index in [4.69, 9.17) is 0 Å². The lowest BCUT2D eigenvalue weighted by atomic mass is 10.1. The molecule has 5 nitrogen and oxygen atoms in total. The first-order valence-corrected chi connectivity index (χ1v) is 10.6. The minimum Gasteiger partial charge on any atom is -0.342 e. The maximum atomic E-state index is 12.7. The van der Waals surface area contributed by atoms with Crippen LogP contribution in [0, 0.1) is 13.8 Å². The Morgan fingerprint density at radius 3 is 2.59 bits per heavy atom. The topological polar surface area (TPSA) is 59.8 Å². The van der Waals surface area contributed by atoms with E-state index >= 15 is 0 Å². The third kappa shape index (κ3) is 5.15. The predicted molar refractivity (Wildman–Crippen MR) is 118 cm³/mol. The molecule has 0 aliphatic heterocycles. The minimum atomic E-state index is -0.275. The van der Waals surface area contributed by atoms with E-state index in [0.717, 1.165) is 22.3 Å². The normalized spacial score (nSPS) is 11.8. The van der Waals surface area contributed by atoms with Crippen LogP contribution in [0.15, 0.2) is 66.3 Å². The van der Waals surface area contributed by atoms with Crippen molar-refractivity contribution in [2.75, 3.05) is 0 Å². The number of carbonyl (C=O) groups excluding carboxylic acids is 1. The van der Waals surface area contributed by atoms with Crippen LogP contribution in [-0.2, 0) is 12.3 Å². The molecule has 0 saturated heterocycles. The average molecular weight is 407 g/mol. The summed E-state index contributed by atoms with van der Waals surface area (Å²) in [5.74, 6) is 1.41. The Kier molecular flexibility index (Phi) is 6.88. The smallest absolute Gasteiger partial charge is 0.252 e. The third-order valence-electron chi connectivity index (χ3n) is 4.67. The molecule has 0 unspecified atom stereocenters. The summed E-state index contributed by atoms with van der Waals surface area (Å²) in [5.41, 5.74) is 4.09. The molecule has 29 heavy (non-hydrogen) atoms. The fourth-order valence-corrected chi connectivity index (χ4v) is 3.94. The van der Waals surface area contributed by atoms with Crippen LogP contribution < -0.4 is 5.32 Å². The van der Waals surface area contributed by atoms with E-state index in [9.17, 15) is 4.79 Å². The van der Waals surface area contributed by atoms with E-state index < -0.39 is 0 Å². The molecule has 1 aromatic heterocycles. The number of hydrogen-bond donors (Lipinski definition) is 1. The quantitative estimate of drug-likeness (QED) is 0.428. The van der Waals surface area contributed by atoms with E-state index in [1.54, 1.807) is 11.8 Å². The standard InChI is InChI=1S/C23H26N4OS/c1-5-14-27-21(18(4)24-22(28)20-9-7-6-8-17(20)3)25-26-23(27)29-15-19-12-10-16(2)11-13-19/h5-13,18H,1,14-15H2,2-4H3,(H,24,28)/t18-/m0/s1. The number of hydrogen-bond acceptors (Lipinski definition) is 4. The van der Waals surface area contributed by atoms with E-state index in [1.165, 1.54) is 11.1 Å². The second-order valence-corrected chi connectivity index (χ2v) is 7.97. The van der Waals surface area contributed by atoms with Gasteiger partial charge in [-0.2, -0.15) is 0 Å². The van der Waals surface area contributed by atoms with Gasteiger partial charge in [0.05, 0.1) is 6.04 Å². The molecule has 1 N–H and O–H groups in total. The molecule has 1 heterocycles. The molecule has 3 aromatic rings. The van der Waals surface area contributed by atoms with Crippen LogP contribution in [0.3, 0.4) is 0 Å². The molecule has 0 aliphatic carbocycles. The molecule has 1 amide bonds. The number of rotatable bonds is 8. The highest BCUT2D eigenvalue weighted by atomic mass is 32.2. The number of carbonyl (C=O) groups is 1. The van der Waals surface area contributed by atoms with Gasteiger partial charge in [-0.15, -0.1) is 16.8 Å². The summed E-state index contributed by atoms with van der Waals surface area (Å²) in [6.07, 6.45) is 1.82. The zero-order valence-corrected chi connectivity index (χ0v) is 17.9. The van der Waals surface area contributed by atoms with Crippen molar-refractivity contribution < 1.29 is 4.79 Å². The van der Waals surface area contributed by atoms with Gasteiger partial charge in [0, 0.05) is 17.9 Å². The average Bonchev–Trinajstić information content (AvgIpc) is 3.11. The summed E-state index contributed by atoms with van der Waals surface area (Å²) in [5, 5.41) is 12.6. The molecule has 150 valence electrons. The number of aromatic nitrogens is 3. The Hall–Kier alpha value is -2.86. The molecule has 0 fully saturated rings. The predicted octanol–water partition coefficient (Wildman–Crippen LogP) is 4.86. The fraction of sp³-hybridized carbons (Fsp3) is 0.261. The molecule has 0 spiro atoms. The van der Waals surface area contributed by atoms with Gasteiger partial charge in [-0.25, -0.2) is 0 Å². The second-order valence-electron chi connectivity index (χ2n) is 7.02. The number of benzene rings is 2. The first-order valence-electron chi connectivity index (χ1n) is 9.58. The number of amides is 1. The maximum Gasteiger partial charge on any atom is 0.252 e. The summed E-state index contributed by atoms with van der Waals surface area (Å²) in [4.78, 5) is 12.7. The van der Waals surface area contributed by atoms with Crippen molar-refractivity contribution in [3.8, 4) is 0 Å². The summed E-state index contributed by atoms with van der Waals surface area (Å²) in [6, 6.07) is 15.8. The van der Waals surface area contributed by atoms with Crippen molar-refractivity contribution in [3.63, 3.8) is 0 Å². The highest BCUT2D eigenvalue weighted by Gasteiger charge is 2.20. The second kappa shape index (κ2) is 9.56. The fourth-order valence-electron chi connectivity index (χ4n) is 3.03. The number of allylic oxidation sites excluding steroid dienone is 1. The molecular weight excluding hydrogens is 380 g/mol. The summed E-state index contributed by atoms with van der Waals surface area (Å²) < 4.78 is 2.01. The maximum absolute atomic E-state index is 12.7. The van der Waals surface area contributed by atoms with Crippen LogP contribution in [0.5, 0.6) is 0 Å². The van der Waals surface area contributed by atoms with Crippen molar-refractivity contribution in [1.82, 2.24) is 20.1 Å². The van der Waals surface area contributed by atoms with Gasteiger partial charge in [0.25, 0.3) is 5.91 Å². The van der Waals surface area contributed by atoms with E-state index in [1.807, 2.05) is 48.8 Å². The Balaban J connectivity index is 1.74. The zero-order chi connectivity index (χ0) is 20.8. The number of aryl methyl sites for hydroxylation is 2. The molecule has 0 saturated carbocycles. The molecule has 2 aromatic carbocycles. The van der Waals surface area contributed by atoms with E-state index in [2.05, 4.69) is 53.3 Å².